The Bertz CT molecular complexity index is 1600. The number of carbonyl (C=O) groups excluding carboxylic acids is 2. The number of anilines is 1. The lowest BCUT2D eigenvalue weighted by molar-refractivity contribution is -0.124. The largest absolute Gasteiger partial charge is 0.481 e. The van der Waals surface area contributed by atoms with Crippen molar-refractivity contribution in [3.63, 3.8) is 0 Å². The quantitative estimate of drug-likeness (QED) is 0.249. The lowest BCUT2D eigenvalue weighted by atomic mass is 9.78. The van der Waals surface area contributed by atoms with Crippen LogP contribution in [-0.4, -0.2) is 89.7 Å². The molecule has 0 atom stereocenters. The average Bonchev–Trinajstić information content (AvgIpc) is 3.86. The molecule has 49 heavy (non-hydrogen) atoms. The summed E-state index contributed by atoms with van der Waals surface area (Å²) in [5, 5.41) is 0. The van der Waals surface area contributed by atoms with E-state index in [9.17, 15) is 9.59 Å². The Kier molecular flexibility index (Phi) is 10.2. The van der Waals surface area contributed by atoms with E-state index in [0.717, 1.165) is 74.3 Å². The number of likely N-dealkylation sites (N-methyl/N-ethyl adjacent to an activating group) is 1. The molecule has 11 heteroatoms. The van der Waals surface area contributed by atoms with Gasteiger partial charge < -0.3 is 23.7 Å². The van der Waals surface area contributed by atoms with Crippen molar-refractivity contribution in [1.29, 1.82) is 0 Å². The van der Waals surface area contributed by atoms with Gasteiger partial charge in [-0.15, -0.1) is 0 Å². The lowest BCUT2D eigenvalue weighted by Crippen LogP contribution is -2.48. The molecule has 0 unspecified atom stereocenters. The van der Waals surface area contributed by atoms with Crippen LogP contribution in [0, 0.1) is 18.8 Å². The molecule has 0 bridgehead atoms. The molecule has 1 aliphatic heterocycles. The topological polar surface area (TPSA) is 114 Å². The van der Waals surface area contributed by atoms with E-state index in [4.69, 9.17) is 23.9 Å². The van der Waals surface area contributed by atoms with Crippen molar-refractivity contribution in [2.75, 3.05) is 51.8 Å². The fraction of sp³-hybridized carbons (Fsp3) is 0.605. The van der Waals surface area contributed by atoms with Gasteiger partial charge in [-0.05, 0) is 114 Å². The van der Waals surface area contributed by atoms with E-state index < -0.39 is 0 Å². The van der Waals surface area contributed by atoms with Gasteiger partial charge in [-0.3, -0.25) is 9.69 Å². The van der Waals surface area contributed by atoms with E-state index in [1.54, 1.807) is 24.5 Å². The normalized spacial score (nSPS) is 24.8. The highest BCUT2D eigenvalue weighted by Gasteiger charge is 2.35. The summed E-state index contributed by atoms with van der Waals surface area (Å²) in [6, 6.07) is 6.14. The molecule has 1 saturated heterocycles. The highest BCUT2D eigenvalue weighted by atomic mass is 16.6. The number of nitrogens with zero attached hydrogens (tertiary/aromatic N) is 6. The van der Waals surface area contributed by atoms with E-state index in [1.165, 1.54) is 5.56 Å². The number of amides is 2. The van der Waals surface area contributed by atoms with Gasteiger partial charge in [0.1, 0.15) is 23.9 Å². The Labute approximate surface area is 289 Å². The smallest absolute Gasteiger partial charge is 0.410 e. The first-order chi connectivity index (χ1) is 23.8. The number of aromatic nitrogens is 3. The molecule has 0 radical (unpaired) electrons. The molecule has 4 fully saturated rings. The van der Waals surface area contributed by atoms with Gasteiger partial charge in [-0.1, -0.05) is 0 Å². The second-order valence-corrected chi connectivity index (χ2v) is 14.7. The molecule has 7 rings (SSSR count). The van der Waals surface area contributed by atoms with Crippen LogP contribution in [0.3, 0.4) is 0 Å². The number of ether oxygens (including phenoxy) is 2. The molecule has 3 aromatic heterocycles. The van der Waals surface area contributed by atoms with Gasteiger partial charge in [-0.2, -0.15) is 0 Å². The van der Waals surface area contributed by atoms with E-state index >= 15 is 0 Å². The van der Waals surface area contributed by atoms with Crippen LogP contribution in [0.25, 0.3) is 11.3 Å². The standard InChI is InChI=1S/C38H50N6O5/c1-25-20-31(22-40-35(25)47-3)27-6-4-26(5-7-27)23-44(34-21-30(14-15-39-34)33-24-48-36(41-33)28-8-9-28)37(45)29-10-12-32(13-11-29)49-38(46)43-18-16-42(2)17-19-43/h14-15,20-22,24,26-29,32H,4-13,16-19,23H2,1-3H3/t26-,27-,29-,32-. The number of hydrogen-bond donors (Lipinski definition) is 0. The van der Waals surface area contributed by atoms with Crippen molar-refractivity contribution in [1.82, 2.24) is 24.8 Å². The van der Waals surface area contributed by atoms with Gasteiger partial charge >= 0.3 is 6.09 Å². The van der Waals surface area contributed by atoms with Crippen LogP contribution in [0.1, 0.15) is 93.1 Å². The minimum atomic E-state index is -0.223. The van der Waals surface area contributed by atoms with Crippen LogP contribution in [0.5, 0.6) is 5.88 Å². The lowest BCUT2D eigenvalue weighted by Gasteiger charge is -2.36. The first-order valence-electron chi connectivity index (χ1n) is 18.2. The fourth-order valence-electron chi connectivity index (χ4n) is 7.77. The number of carbonyl (C=O) groups is 2. The van der Waals surface area contributed by atoms with Crippen LogP contribution < -0.4 is 9.64 Å². The molecule has 0 spiro atoms. The number of methoxy groups -OCH3 is 1. The minimum Gasteiger partial charge on any atom is -0.481 e. The highest BCUT2D eigenvalue weighted by molar-refractivity contribution is 5.94. The zero-order valence-electron chi connectivity index (χ0n) is 29.2. The number of rotatable bonds is 9. The van der Waals surface area contributed by atoms with Crippen LogP contribution in [0.15, 0.2) is 41.3 Å². The van der Waals surface area contributed by atoms with Crippen molar-refractivity contribution in [2.45, 2.75) is 89.1 Å². The second-order valence-electron chi connectivity index (χ2n) is 14.7. The molecule has 3 aliphatic carbocycles. The first-order valence-corrected chi connectivity index (χ1v) is 18.2. The maximum Gasteiger partial charge on any atom is 0.410 e. The molecule has 4 heterocycles. The third kappa shape index (κ3) is 7.92. The number of oxazole rings is 1. The Balaban J connectivity index is 1.03. The predicted octanol–water partition coefficient (Wildman–Crippen LogP) is 6.58. The SMILES string of the molecule is COc1ncc([C@H]2CC[C@H](CN(c3cc(-c4coc(C5CC5)n4)ccn3)C(=O)[C@H]3CC[C@H](OC(=O)N4CCN(C)CC4)CC3)CC2)cc1C. The number of hydrogen-bond acceptors (Lipinski definition) is 9. The van der Waals surface area contributed by atoms with Gasteiger partial charge in [0.05, 0.1) is 7.11 Å². The number of aryl methyl sites for hydroxylation is 1. The molecule has 0 aromatic carbocycles. The van der Waals surface area contributed by atoms with Crippen molar-refractivity contribution < 1.29 is 23.5 Å². The van der Waals surface area contributed by atoms with Crippen LogP contribution in [0.4, 0.5) is 10.6 Å². The second kappa shape index (κ2) is 14.9. The van der Waals surface area contributed by atoms with Crippen molar-refractivity contribution in [3.8, 4) is 17.1 Å². The van der Waals surface area contributed by atoms with Gasteiger partial charge in [0.2, 0.25) is 11.8 Å². The zero-order chi connectivity index (χ0) is 33.9. The Hall–Kier alpha value is -3.99. The van der Waals surface area contributed by atoms with Crippen LogP contribution in [0.2, 0.25) is 0 Å². The molecule has 3 saturated carbocycles. The van der Waals surface area contributed by atoms with E-state index in [1.807, 2.05) is 30.2 Å². The Morgan fingerprint density at radius 2 is 1.67 bits per heavy atom. The summed E-state index contributed by atoms with van der Waals surface area (Å²) in [5.74, 6) is 3.37. The van der Waals surface area contributed by atoms with E-state index in [2.05, 4.69) is 23.0 Å². The summed E-state index contributed by atoms with van der Waals surface area (Å²) >= 11 is 0. The Morgan fingerprint density at radius 1 is 0.939 bits per heavy atom. The molecule has 3 aromatic rings. The van der Waals surface area contributed by atoms with Crippen LogP contribution in [-0.2, 0) is 9.53 Å². The maximum atomic E-state index is 14.4. The number of piperazine rings is 1. The summed E-state index contributed by atoms with van der Waals surface area (Å²) in [4.78, 5) is 47.3. The van der Waals surface area contributed by atoms with Gasteiger partial charge in [0.15, 0.2) is 5.89 Å². The fourth-order valence-corrected chi connectivity index (χ4v) is 7.77. The first kappa shape index (κ1) is 33.5. The summed E-state index contributed by atoms with van der Waals surface area (Å²) in [6.07, 6.45) is 14.3. The summed E-state index contributed by atoms with van der Waals surface area (Å²) < 4.78 is 17.1. The van der Waals surface area contributed by atoms with Gasteiger partial charge in [0.25, 0.3) is 0 Å². The summed E-state index contributed by atoms with van der Waals surface area (Å²) in [5.41, 5.74) is 4.01. The monoisotopic (exact) mass is 670 g/mol. The van der Waals surface area contributed by atoms with E-state index in [-0.39, 0.29) is 24.0 Å². The molecule has 11 nitrogen and oxygen atoms in total. The van der Waals surface area contributed by atoms with Crippen molar-refractivity contribution in [2.24, 2.45) is 11.8 Å². The molecule has 0 N–H and O–H groups in total. The Morgan fingerprint density at radius 3 is 2.37 bits per heavy atom. The molecular weight excluding hydrogens is 620 g/mol. The molecule has 2 amide bonds. The summed E-state index contributed by atoms with van der Waals surface area (Å²) in [6.45, 7) is 5.78. The maximum absolute atomic E-state index is 14.4. The number of pyridine rings is 2. The van der Waals surface area contributed by atoms with Crippen molar-refractivity contribution >= 4 is 17.8 Å². The summed E-state index contributed by atoms with van der Waals surface area (Å²) in [7, 11) is 3.73. The minimum absolute atomic E-state index is 0.115. The third-order valence-corrected chi connectivity index (χ3v) is 11.1. The van der Waals surface area contributed by atoms with Gasteiger partial charge in [0, 0.05) is 68.1 Å². The predicted molar refractivity (Wildman–Crippen MR) is 186 cm³/mol. The van der Waals surface area contributed by atoms with Gasteiger partial charge in [-0.25, -0.2) is 19.7 Å². The van der Waals surface area contributed by atoms with E-state index in [0.29, 0.717) is 74.8 Å². The third-order valence-electron chi connectivity index (χ3n) is 11.1. The van der Waals surface area contributed by atoms with Crippen molar-refractivity contribution in [3.05, 3.63) is 53.9 Å². The highest BCUT2D eigenvalue weighted by Crippen LogP contribution is 2.41. The van der Waals surface area contributed by atoms with Crippen LogP contribution >= 0.6 is 0 Å². The molecular formula is C38H50N6O5. The average molecular weight is 671 g/mol. The molecule has 4 aliphatic rings. The molecule has 262 valence electrons. The zero-order valence-corrected chi connectivity index (χ0v) is 29.2.